The summed E-state index contributed by atoms with van der Waals surface area (Å²) >= 11 is 0. The number of benzene rings is 1. The van der Waals surface area contributed by atoms with Crippen LogP contribution in [0.25, 0.3) is 0 Å². The Morgan fingerprint density at radius 2 is 1.90 bits per heavy atom. The Labute approximate surface area is 183 Å². The summed E-state index contributed by atoms with van der Waals surface area (Å²) in [6.07, 6.45) is 3.46. The summed E-state index contributed by atoms with van der Waals surface area (Å²) in [6.45, 7) is 16.9. The molecule has 1 fully saturated rings. The van der Waals surface area contributed by atoms with Crippen LogP contribution in [0.5, 0.6) is 11.5 Å². The summed E-state index contributed by atoms with van der Waals surface area (Å²) in [6, 6.07) is 6.83. The lowest BCUT2D eigenvalue weighted by Crippen LogP contribution is -2.42. The summed E-state index contributed by atoms with van der Waals surface area (Å²) in [5.41, 5.74) is 1.23. The topological polar surface area (TPSA) is 58.1 Å². The van der Waals surface area contributed by atoms with Gasteiger partial charge >= 0.3 is 0 Å². The maximum absolute atomic E-state index is 5.74. The van der Waals surface area contributed by atoms with Crippen molar-refractivity contribution in [2.24, 2.45) is 10.9 Å². The molecule has 0 radical (unpaired) electrons. The van der Waals surface area contributed by atoms with Crippen molar-refractivity contribution in [2.45, 2.75) is 59.9 Å². The third-order valence-corrected chi connectivity index (χ3v) is 5.45. The number of rotatable bonds is 11. The van der Waals surface area contributed by atoms with Gasteiger partial charge in [0.1, 0.15) is 0 Å². The van der Waals surface area contributed by atoms with Crippen molar-refractivity contribution in [3.05, 3.63) is 23.8 Å². The Balaban J connectivity index is 1.88. The molecule has 170 valence electrons. The Morgan fingerprint density at radius 3 is 2.60 bits per heavy atom. The Hall–Kier alpha value is -1.95. The van der Waals surface area contributed by atoms with Crippen LogP contribution in [0.15, 0.2) is 23.2 Å². The number of guanidine groups is 1. The van der Waals surface area contributed by atoms with Crippen molar-refractivity contribution >= 4 is 5.96 Å². The van der Waals surface area contributed by atoms with Crippen LogP contribution in [0.3, 0.4) is 0 Å². The molecule has 1 aromatic carbocycles. The number of likely N-dealkylation sites (tertiary alicyclic amines) is 1. The van der Waals surface area contributed by atoms with Gasteiger partial charge in [-0.1, -0.05) is 6.07 Å². The van der Waals surface area contributed by atoms with Crippen molar-refractivity contribution in [1.29, 1.82) is 0 Å². The molecule has 1 heterocycles. The van der Waals surface area contributed by atoms with E-state index in [-0.39, 0.29) is 0 Å². The third kappa shape index (κ3) is 8.05. The minimum absolute atomic E-state index is 0.624. The molecule has 0 aliphatic carbocycles. The Kier molecular flexibility index (Phi) is 10.8. The number of ether oxygens (including phenoxy) is 2. The molecule has 30 heavy (non-hydrogen) atoms. The highest BCUT2D eigenvalue weighted by molar-refractivity contribution is 5.79. The fourth-order valence-corrected chi connectivity index (χ4v) is 3.85. The second-order valence-corrected chi connectivity index (χ2v) is 8.14. The van der Waals surface area contributed by atoms with Crippen LogP contribution in [0.4, 0.5) is 0 Å². The van der Waals surface area contributed by atoms with E-state index in [9.17, 15) is 0 Å². The second-order valence-electron chi connectivity index (χ2n) is 8.14. The van der Waals surface area contributed by atoms with Gasteiger partial charge in [-0.15, -0.1) is 0 Å². The van der Waals surface area contributed by atoms with Gasteiger partial charge < -0.3 is 25.0 Å². The first-order valence-electron chi connectivity index (χ1n) is 11.7. The van der Waals surface area contributed by atoms with Gasteiger partial charge in [0.15, 0.2) is 17.5 Å². The molecule has 0 spiro atoms. The fraction of sp³-hybridized carbons (Fsp3) is 0.708. The highest BCUT2D eigenvalue weighted by Crippen LogP contribution is 2.28. The van der Waals surface area contributed by atoms with Crippen molar-refractivity contribution in [3.63, 3.8) is 0 Å². The zero-order valence-corrected chi connectivity index (χ0v) is 19.7. The Bertz CT molecular complexity index is 648. The molecular formula is C24H42N4O2. The second kappa shape index (κ2) is 13.4. The van der Waals surface area contributed by atoms with Gasteiger partial charge in [0.2, 0.25) is 0 Å². The summed E-state index contributed by atoms with van der Waals surface area (Å²) in [5, 5.41) is 6.87. The minimum Gasteiger partial charge on any atom is -0.490 e. The summed E-state index contributed by atoms with van der Waals surface area (Å²) < 4.78 is 11.4. The molecule has 1 aromatic rings. The van der Waals surface area contributed by atoms with E-state index in [2.05, 4.69) is 48.4 Å². The predicted molar refractivity (Wildman–Crippen MR) is 126 cm³/mol. The van der Waals surface area contributed by atoms with Crippen LogP contribution in [0, 0.1) is 5.92 Å². The van der Waals surface area contributed by atoms with Gasteiger partial charge in [-0.2, -0.15) is 0 Å². The lowest BCUT2D eigenvalue weighted by molar-refractivity contribution is 0.143. The number of hydrogen-bond donors (Lipinski definition) is 2. The van der Waals surface area contributed by atoms with Gasteiger partial charge in [0, 0.05) is 32.2 Å². The molecule has 1 unspecified atom stereocenters. The molecule has 0 bridgehead atoms. The number of nitrogens with zero attached hydrogens (tertiary/aromatic N) is 2. The maximum Gasteiger partial charge on any atom is 0.191 e. The third-order valence-electron chi connectivity index (χ3n) is 5.45. The molecule has 0 amide bonds. The van der Waals surface area contributed by atoms with E-state index in [0.717, 1.165) is 50.1 Å². The molecular weight excluding hydrogens is 376 g/mol. The Morgan fingerprint density at radius 1 is 1.13 bits per heavy atom. The molecule has 2 rings (SSSR count). The van der Waals surface area contributed by atoms with Crippen LogP contribution < -0.4 is 20.1 Å². The van der Waals surface area contributed by atoms with Crippen molar-refractivity contribution in [3.8, 4) is 11.5 Å². The maximum atomic E-state index is 5.74. The van der Waals surface area contributed by atoms with Crippen LogP contribution in [-0.4, -0.2) is 62.8 Å². The van der Waals surface area contributed by atoms with Crippen molar-refractivity contribution in [2.75, 3.05) is 45.9 Å². The van der Waals surface area contributed by atoms with E-state index in [1.807, 2.05) is 19.9 Å². The van der Waals surface area contributed by atoms with Gasteiger partial charge in [-0.25, -0.2) is 0 Å². The van der Waals surface area contributed by atoms with Gasteiger partial charge in [-0.3, -0.25) is 4.99 Å². The molecule has 2 N–H and O–H groups in total. The zero-order chi connectivity index (χ0) is 21.8. The first-order valence-corrected chi connectivity index (χ1v) is 11.7. The molecule has 6 nitrogen and oxygen atoms in total. The summed E-state index contributed by atoms with van der Waals surface area (Å²) in [5.74, 6) is 3.20. The van der Waals surface area contributed by atoms with E-state index >= 15 is 0 Å². The molecule has 1 saturated heterocycles. The molecule has 6 heteroatoms. The lowest BCUT2D eigenvalue weighted by atomic mass is 9.97. The van der Waals surface area contributed by atoms with E-state index in [1.54, 1.807) is 0 Å². The minimum atomic E-state index is 0.624. The number of hydrogen-bond acceptors (Lipinski definition) is 4. The average molecular weight is 419 g/mol. The normalized spacial score (nSPS) is 17.8. The quantitative estimate of drug-likeness (QED) is 0.424. The van der Waals surface area contributed by atoms with Crippen molar-refractivity contribution < 1.29 is 9.47 Å². The van der Waals surface area contributed by atoms with Gasteiger partial charge in [0.25, 0.3) is 0 Å². The smallest absolute Gasteiger partial charge is 0.191 e. The fourth-order valence-electron chi connectivity index (χ4n) is 3.85. The molecule has 1 atom stereocenters. The standard InChI is InChI=1S/C24H42N4O2/c1-6-25-24(27-17-21-10-9-15-28(18-21)19(4)5)26-14-13-20-11-12-22(29-7-2)23(16-20)30-8-3/h11-12,16,19,21H,6-10,13-15,17-18H2,1-5H3,(H2,25,26,27). The molecule has 1 aliphatic heterocycles. The van der Waals surface area contributed by atoms with E-state index < -0.39 is 0 Å². The van der Waals surface area contributed by atoms with Crippen LogP contribution in [0.1, 0.15) is 53.0 Å². The predicted octanol–water partition coefficient (Wildman–Crippen LogP) is 3.70. The number of nitrogens with one attached hydrogen (secondary N) is 2. The van der Waals surface area contributed by atoms with Crippen molar-refractivity contribution in [1.82, 2.24) is 15.5 Å². The molecule has 1 aliphatic rings. The van der Waals surface area contributed by atoms with Crippen LogP contribution in [0.2, 0.25) is 0 Å². The first-order chi connectivity index (χ1) is 14.6. The van der Waals surface area contributed by atoms with Gasteiger partial charge in [-0.05, 0) is 84.0 Å². The lowest BCUT2D eigenvalue weighted by Gasteiger charge is -2.34. The average Bonchev–Trinajstić information content (AvgIpc) is 2.74. The van der Waals surface area contributed by atoms with E-state index in [0.29, 0.717) is 25.2 Å². The highest BCUT2D eigenvalue weighted by atomic mass is 16.5. The highest BCUT2D eigenvalue weighted by Gasteiger charge is 2.21. The number of aliphatic imine (C=N–C) groups is 1. The zero-order valence-electron chi connectivity index (χ0n) is 19.7. The SMILES string of the molecule is CCNC(=NCC1CCCN(C(C)C)C1)NCCc1ccc(OCC)c(OCC)c1. The summed E-state index contributed by atoms with van der Waals surface area (Å²) in [7, 11) is 0. The molecule has 0 saturated carbocycles. The first kappa shape index (κ1) is 24.3. The van der Waals surface area contributed by atoms with Crippen LogP contribution >= 0.6 is 0 Å². The monoisotopic (exact) mass is 418 g/mol. The van der Waals surface area contributed by atoms with Crippen LogP contribution in [-0.2, 0) is 6.42 Å². The molecule has 0 aromatic heterocycles. The van der Waals surface area contributed by atoms with E-state index in [4.69, 9.17) is 14.5 Å². The largest absolute Gasteiger partial charge is 0.490 e. The van der Waals surface area contributed by atoms with Gasteiger partial charge in [0.05, 0.1) is 13.2 Å². The number of piperidine rings is 1. The summed E-state index contributed by atoms with van der Waals surface area (Å²) in [4.78, 5) is 7.45. The van der Waals surface area contributed by atoms with E-state index in [1.165, 1.54) is 24.9 Å².